The van der Waals surface area contributed by atoms with Gasteiger partial charge in [0.25, 0.3) is 0 Å². The number of rotatable bonds is 6. The fourth-order valence-electron chi connectivity index (χ4n) is 1.76. The van der Waals surface area contributed by atoms with Crippen LogP contribution in [0.2, 0.25) is 0 Å². The lowest BCUT2D eigenvalue weighted by molar-refractivity contribution is 0.123. The fraction of sp³-hybridized carbons (Fsp3) is 0.923. The molecular formula is C13H24N2OS. The van der Waals surface area contributed by atoms with Crippen LogP contribution in [0, 0.1) is 5.92 Å². The van der Waals surface area contributed by atoms with Crippen LogP contribution in [-0.2, 0) is 4.74 Å². The predicted molar refractivity (Wildman–Crippen MR) is 74.8 cm³/mol. The average Bonchev–Trinajstić information content (AvgIpc) is 3.05. The molecule has 2 fully saturated rings. The first-order valence-corrected chi connectivity index (χ1v) is 7.67. The third kappa shape index (κ3) is 5.30. The first kappa shape index (κ1) is 13.2. The number of amidine groups is 1. The van der Waals surface area contributed by atoms with Gasteiger partial charge in [0.05, 0.1) is 0 Å². The van der Waals surface area contributed by atoms with Gasteiger partial charge in [-0.15, -0.1) is 0 Å². The van der Waals surface area contributed by atoms with Gasteiger partial charge in [0.2, 0.25) is 0 Å². The molecule has 1 heterocycles. The van der Waals surface area contributed by atoms with Gasteiger partial charge in [-0.3, -0.25) is 4.99 Å². The Morgan fingerprint density at radius 3 is 3.00 bits per heavy atom. The standard InChI is InChI=1S/C13H24N2OS/c1-13(2)6-9-17-12(15-13)14-7-3-8-16-10-11-4-5-11/h11H,3-10H2,1-2H3,(H,14,15). The van der Waals surface area contributed by atoms with Gasteiger partial charge in [0.15, 0.2) is 5.17 Å². The molecule has 0 bridgehead atoms. The van der Waals surface area contributed by atoms with Gasteiger partial charge in [0, 0.05) is 31.1 Å². The molecule has 1 saturated carbocycles. The highest BCUT2D eigenvalue weighted by Gasteiger charge is 2.24. The van der Waals surface area contributed by atoms with Crippen molar-refractivity contribution in [3.8, 4) is 0 Å². The highest BCUT2D eigenvalue weighted by molar-refractivity contribution is 8.13. The minimum Gasteiger partial charge on any atom is -0.381 e. The van der Waals surface area contributed by atoms with Crippen LogP contribution in [0.5, 0.6) is 0 Å². The van der Waals surface area contributed by atoms with Gasteiger partial charge in [-0.1, -0.05) is 11.8 Å². The molecule has 4 heteroatoms. The number of hydrogen-bond acceptors (Lipinski definition) is 3. The Kier molecular flexibility index (Phi) is 4.74. The predicted octanol–water partition coefficient (Wildman–Crippen LogP) is 2.66. The monoisotopic (exact) mass is 256 g/mol. The van der Waals surface area contributed by atoms with Crippen molar-refractivity contribution < 1.29 is 4.74 Å². The van der Waals surface area contributed by atoms with Gasteiger partial charge in [0.1, 0.15) is 0 Å². The van der Waals surface area contributed by atoms with Crippen molar-refractivity contribution in [1.29, 1.82) is 0 Å². The Labute approximate surface area is 109 Å². The molecule has 0 spiro atoms. The smallest absolute Gasteiger partial charge is 0.156 e. The Hall–Kier alpha value is -0.220. The van der Waals surface area contributed by atoms with Gasteiger partial charge in [-0.25, -0.2) is 0 Å². The molecule has 0 amide bonds. The summed E-state index contributed by atoms with van der Waals surface area (Å²) in [7, 11) is 0. The number of nitrogens with one attached hydrogen (secondary N) is 1. The second kappa shape index (κ2) is 6.10. The molecular weight excluding hydrogens is 232 g/mol. The van der Waals surface area contributed by atoms with E-state index >= 15 is 0 Å². The molecule has 0 unspecified atom stereocenters. The van der Waals surface area contributed by atoms with Crippen LogP contribution < -0.4 is 5.32 Å². The maximum Gasteiger partial charge on any atom is 0.156 e. The van der Waals surface area contributed by atoms with E-state index in [0.29, 0.717) is 0 Å². The van der Waals surface area contributed by atoms with E-state index in [0.717, 1.165) is 37.3 Å². The molecule has 1 N–H and O–H groups in total. The van der Waals surface area contributed by atoms with Crippen LogP contribution in [0.4, 0.5) is 0 Å². The second-order valence-corrected chi connectivity index (χ2v) is 6.75. The molecule has 0 aromatic heterocycles. The summed E-state index contributed by atoms with van der Waals surface area (Å²) in [5.41, 5.74) is 0.215. The van der Waals surface area contributed by atoms with Crippen LogP contribution in [0.15, 0.2) is 4.99 Å². The van der Waals surface area contributed by atoms with Gasteiger partial charge < -0.3 is 10.1 Å². The largest absolute Gasteiger partial charge is 0.381 e. The van der Waals surface area contributed by atoms with Crippen LogP contribution in [0.25, 0.3) is 0 Å². The average molecular weight is 256 g/mol. The van der Waals surface area contributed by atoms with Crippen molar-refractivity contribution in [2.75, 3.05) is 25.5 Å². The van der Waals surface area contributed by atoms with Crippen LogP contribution in [0.3, 0.4) is 0 Å². The van der Waals surface area contributed by atoms with Crippen LogP contribution >= 0.6 is 11.8 Å². The lowest BCUT2D eigenvalue weighted by Gasteiger charge is -2.32. The number of hydrogen-bond donors (Lipinski definition) is 1. The van der Waals surface area contributed by atoms with E-state index in [9.17, 15) is 0 Å². The van der Waals surface area contributed by atoms with E-state index in [-0.39, 0.29) is 5.54 Å². The van der Waals surface area contributed by atoms with Gasteiger partial charge in [-0.2, -0.15) is 0 Å². The summed E-state index contributed by atoms with van der Waals surface area (Å²) < 4.78 is 5.59. The Morgan fingerprint density at radius 2 is 2.29 bits per heavy atom. The highest BCUT2D eigenvalue weighted by Crippen LogP contribution is 2.28. The Morgan fingerprint density at radius 1 is 1.47 bits per heavy atom. The summed E-state index contributed by atoms with van der Waals surface area (Å²) >= 11 is 1.84. The van der Waals surface area contributed by atoms with Gasteiger partial charge in [-0.05, 0) is 45.4 Å². The topological polar surface area (TPSA) is 33.6 Å². The highest BCUT2D eigenvalue weighted by atomic mass is 32.2. The maximum absolute atomic E-state index is 5.59. The summed E-state index contributed by atoms with van der Waals surface area (Å²) in [5.74, 6) is 2.05. The number of ether oxygens (including phenoxy) is 1. The zero-order chi connectivity index (χ0) is 12.1. The van der Waals surface area contributed by atoms with E-state index < -0.39 is 0 Å². The molecule has 0 radical (unpaired) electrons. The Bertz CT molecular complexity index is 275. The molecule has 2 aliphatic rings. The zero-order valence-corrected chi connectivity index (χ0v) is 11.8. The molecule has 2 rings (SSSR count). The minimum atomic E-state index is 0.215. The van der Waals surface area contributed by atoms with Gasteiger partial charge >= 0.3 is 0 Å². The van der Waals surface area contributed by atoms with Crippen molar-refractivity contribution in [2.24, 2.45) is 10.9 Å². The first-order chi connectivity index (χ1) is 8.16. The van der Waals surface area contributed by atoms with Crippen molar-refractivity contribution in [2.45, 2.75) is 45.1 Å². The SMILES string of the molecule is CC1(C)CCSC(=NCCCOCC2CC2)N1. The summed E-state index contributed by atoms with van der Waals surface area (Å²) in [6.45, 7) is 7.19. The lowest BCUT2D eigenvalue weighted by atomic mass is 10.0. The first-order valence-electron chi connectivity index (χ1n) is 6.69. The van der Waals surface area contributed by atoms with E-state index in [4.69, 9.17) is 4.74 Å². The minimum absolute atomic E-state index is 0.215. The number of thioether (sulfide) groups is 1. The third-order valence-electron chi connectivity index (χ3n) is 3.16. The van der Waals surface area contributed by atoms with Crippen molar-refractivity contribution in [1.82, 2.24) is 5.32 Å². The Balaban J connectivity index is 1.55. The molecule has 3 nitrogen and oxygen atoms in total. The number of nitrogens with zero attached hydrogens (tertiary/aromatic N) is 1. The third-order valence-corrected chi connectivity index (χ3v) is 4.08. The number of aliphatic imine (C=N–C) groups is 1. The zero-order valence-electron chi connectivity index (χ0n) is 11.0. The molecule has 1 aliphatic carbocycles. The van der Waals surface area contributed by atoms with E-state index in [2.05, 4.69) is 24.2 Å². The fourth-order valence-corrected chi connectivity index (χ4v) is 3.09. The lowest BCUT2D eigenvalue weighted by Crippen LogP contribution is -2.46. The summed E-state index contributed by atoms with van der Waals surface area (Å²) in [6, 6.07) is 0. The van der Waals surface area contributed by atoms with Crippen LogP contribution in [-0.4, -0.2) is 36.2 Å². The maximum atomic E-state index is 5.59. The van der Waals surface area contributed by atoms with E-state index in [1.54, 1.807) is 0 Å². The molecule has 1 aliphatic heterocycles. The quantitative estimate of drug-likeness (QED) is 0.742. The van der Waals surface area contributed by atoms with E-state index in [1.165, 1.54) is 25.0 Å². The van der Waals surface area contributed by atoms with Crippen LogP contribution in [0.1, 0.15) is 39.5 Å². The van der Waals surface area contributed by atoms with Crippen molar-refractivity contribution in [3.05, 3.63) is 0 Å². The summed E-state index contributed by atoms with van der Waals surface area (Å²) in [4.78, 5) is 4.60. The van der Waals surface area contributed by atoms with E-state index in [1.807, 2.05) is 11.8 Å². The van der Waals surface area contributed by atoms with Crippen molar-refractivity contribution in [3.63, 3.8) is 0 Å². The molecule has 0 atom stereocenters. The molecule has 17 heavy (non-hydrogen) atoms. The summed E-state index contributed by atoms with van der Waals surface area (Å²) in [6.07, 6.45) is 5.00. The molecule has 98 valence electrons. The summed E-state index contributed by atoms with van der Waals surface area (Å²) in [5, 5.41) is 4.60. The normalized spacial score (nSPS) is 25.9. The van der Waals surface area contributed by atoms with Crippen molar-refractivity contribution >= 4 is 16.9 Å². The molecule has 0 aromatic carbocycles. The second-order valence-electron chi connectivity index (χ2n) is 5.67. The molecule has 1 saturated heterocycles. The molecule has 0 aromatic rings.